The zero-order chi connectivity index (χ0) is 17.7. The second-order valence-electron chi connectivity index (χ2n) is 5.71. The minimum absolute atomic E-state index is 0.124. The lowest BCUT2D eigenvalue weighted by Crippen LogP contribution is -2.34. The number of likely N-dealkylation sites (tertiary alicyclic amines) is 1. The van der Waals surface area contributed by atoms with E-state index in [-0.39, 0.29) is 16.1 Å². The fraction of sp³-hybridized carbons (Fsp3) is 0.625. The maximum atomic E-state index is 12.4. The summed E-state index contributed by atoms with van der Waals surface area (Å²) >= 11 is 1.37. The van der Waals surface area contributed by atoms with Crippen molar-refractivity contribution in [3.8, 4) is 0 Å². The highest BCUT2D eigenvalue weighted by atomic mass is 32.2. The molecule has 2 rings (SSSR count). The summed E-state index contributed by atoms with van der Waals surface area (Å²) in [4.78, 5) is 18.6. The predicted molar refractivity (Wildman–Crippen MR) is 95.5 cm³/mol. The number of sulfonamides is 1. The molecule has 0 saturated carbocycles. The molecule has 1 fully saturated rings. The van der Waals surface area contributed by atoms with Crippen LogP contribution in [-0.4, -0.2) is 59.9 Å². The molecule has 1 saturated heterocycles. The first kappa shape index (κ1) is 19.2. The minimum Gasteiger partial charge on any atom is -0.342 e. The lowest BCUT2D eigenvalue weighted by molar-refractivity contribution is -0.129. The molecule has 2 heterocycles. The van der Waals surface area contributed by atoms with Crippen molar-refractivity contribution in [3.63, 3.8) is 0 Å². The Hall–Kier alpha value is -1.12. The fourth-order valence-electron chi connectivity index (χ4n) is 2.73. The number of carbonyl (C=O) groups is 1. The van der Waals surface area contributed by atoms with E-state index in [4.69, 9.17) is 0 Å². The van der Waals surface area contributed by atoms with E-state index < -0.39 is 10.0 Å². The van der Waals surface area contributed by atoms with Gasteiger partial charge in [0, 0.05) is 32.4 Å². The number of hydrogen-bond donors (Lipinski definition) is 0. The van der Waals surface area contributed by atoms with Crippen molar-refractivity contribution in [2.45, 2.75) is 48.8 Å². The van der Waals surface area contributed by atoms with E-state index in [1.165, 1.54) is 22.3 Å². The van der Waals surface area contributed by atoms with E-state index in [0.717, 1.165) is 25.9 Å². The van der Waals surface area contributed by atoms with Gasteiger partial charge in [0.1, 0.15) is 4.90 Å². The summed E-state index contributed by atoms with van der Waals surface area (Å²) in [5, 5.41) is 0.439. The van der Waals surface area contributed by atoms with Crippen molar-refractivity contribution in [3.05, 3.63) is 18.3 Å². The molecule has 0 spiro atoms. The second kappa shape index (κ2) is 8.31. The number of hydrogen-bond acceptors (Lipinski definition) is 5. The molecule has 0 N–H and O–H groups in total. The van der Waals surface area contributed by atoms with Gasteiger partial charge in [-0.3, -0.25) is 4.79 Å². The molecule has 1 amide bonds. The van der Waals surface area contributed by atoms with Crippen molar-refractivity contribution in [1.82, 2.24) is 14.2 Å². The van der Waals surface area contributed by atoms with Crippen LogP contribution < -0.4 is 0 Å². The van der Waals surface area contributed by atoms with Gasteiger partial charge in [0.05, 0.1) is 10.3 Å². The Balaban J connectivity index is 2.05. The Labute approximate surface area is 148 Å². The third kappa shape index (κ3) is 4.29. The third-order valence-electron chi connectivity index (χ3n) is 4.12. The molecule has 1 aromatic heterocycles. The summed E-state index contributed by atoms with van der Waals surface area (Å²) < 4.78 is 26.3. The number of rotatable bonds is 7. The number of thioether (sulfide) groups is 1. The minimum atomic E-state index is -3.49. The zero-order valence-corrected chi connectivity index (χ0v) is 16.1. The molecule has 6 nitrogen and oxygen atoms in total. The first-order chi connectivity index (χ1) is 11.4. The smallest absolute Gasteiger partial charge is 0.244 e. The molecule has 1 aliphatic heterocycles. The molecular formula is C16H25N3O3S2. The van der Waals surface area contributed by atoms with Crippen LogP contribution in [0.4, 0.5) is 0 Å². The first-order valence-electron chi connectivity index (χ1n) is 8.31. The van der Waals surface area contributed by atoms with E-state index >= 15 is 0 Å². The highest BCUT2D eigenvalue weighted by Gasteiger charge is 2.25. The first-order valence-corrected chi connectivity index (χ1v) is 10.6. The van der Waals surface area contributed by atoms with Crippen molar-refractivity contribution >= 4 is 27.7 Å². The molecule has 24 heavy (non-hydrogen) atoms. The SMILES string of the molecule is CCN(CC)S(=O)(=O)c1ccc(SC(C)C(=O)N2CCCC2)nc1. The fourth-order valence-corrected chi connectivity index (χ4v) is 5.00. The number of aromatic nitrogens is 1. The Kier molecular flexibility index (Phi) is 6.65. The number of pyridine rings is 1. The molecule has 0 aromatic carbocycles. The average molecular weight is 372 g/mol. The van der Waals surface area contributed by atoms with Gasteiger partial charge in [0.25, 0.3) is 0 Å². The van der Waals surface area contributed by atoms with E-state index in [0.29, 0.717) is 18.1 Å². The molecule has 1 aliphatic rings. The van der Waals surface area contributed by atoms with Gasteiger partial charge >= 0.3 is 0 Å². The average Bonchev–Trinajstić information content (AvgIpc) is 3.10. The van der Waals surface area contributed by atoms with E-state index in [2.05, 4.69) is 4.98 Å². The maximum absolute atomic E-state index is 12.4. The lowest BCUT2D eigenvalue weighted by atomic mass is 10.4. The van der Waals surface area contributed by atoms with Gasteiger partial charge in [0.15, 0.2) is 0 Å². The van der Waals surface area contributed by atoms with Crippen molar-refractivity contribution < 1.29 is 13.2 Å². The molecule has 1 aromatic rings. The monoisotopic (exact) mass is 371 g/mol. The van der Waals surface area contributed by atoms with Gasteiger partial charge in [-0.1, -0.05) is 25.6 Å². The molecule has 134 valence electrons. The summed E-state index contributed by atoms with van der Waals surface area (Å²) in [5.74, 6) is 0.124. The Bertz CT molecular complexity index is 652. The quantitative estimate of drug-likeness (QED) is 0.687. The second-order valence-corrected chi connectivity index (χ2v) is 9.01. The highest BCUT2D eigenvalue weighted by molar-refractivity contribution is 8.00. The van der Waals surface area contributed by atoms with Crippen LogP contribution in [0.1, 0.15) is 33.6 Å². The third-order valence-corrected chi connectivity index (χ3v) is 7.19. The van der Waals surface area contributed by atoms with Crippen LogP contribution in [0.15, 0.2) is 28.3 Å². The van der Waals surface area contributed by atoms with E-state index in [9.17, 15) is 13.2 Å². The summed E-state index contributed by atoms with van der Waals surface area (Å²) in [6.45, 7) is 8.01. The maximum Gasteiger partial charge on any atom is 0.244 e. The van der Waals surface area contributed by atoms with Crippen LogP contribution in [0, 0.1) is 0 Å². The summed E-state index contributed by atoms with van der Waals surface area (Å²) in [6.07, 6.45) is 3.52. The molecule has 0 radical (unpaired) electrons. The molecule has 0 aliphatic carbocycles. The zero-order valence-electron chi connectivity index (χ0n) is 14.4. The Morgan fingerprint density at radius 1 is 1.29 bits per heavy atom. The van der Waals surface area contributed by atoms with Crippen LogP contribution in [0.5, 0.6) is 0 Å². The number of amides is 1. The van der Waals surface area contributed by atoms with Crippen LogP contribution in [0.2, 0.25) is 0 Å². The van der Waals surface area contributed by atoms with Gasteiger partial charge in [0.2, 0.25) is 15.9 Å². The molecular weight excluding hydrogens is 346 g/mol. The van der Waals surface area contributed by atoms with Gasteiger partial charge in [-0.05, 0) is 31.9 Å². The van der Waals surface area contributed by atoms with Crippen molar-refractivity contribution in [1.29, 1.82) is 0 Å². The summed E-state index contributed by atoms with van der Waals surface area (Å²) in [5.41, 5.74) is 0. The van der Waals surface area contributed by atoms with Crippen LogP contribution in [0.25, 0.3) is 0 Å². The van der Waals surface area contributed by atoms with E-state index in [1.807, 2.05) is 25.7 Å². The van der Waals surface area contributed by atoms with Gasteiger partial charge < -0.3 is 4.90 Å². The van der Waals surface area contributed by atoms with Gasteiger partial charge in [-0.25, -0.2) is 13.4 Å². The van der Waals surface area contributed by atoms with Crippen LogP contribution in [-0.2, 0) is 14.8 Å². The van der Waals surface area contributed by atoms with Gasteiger partial charge in [-0.2, -0.15) is 4.31 Å². The molecule has 1 unspecified atom stereocenters. The highest BCUT2D eigenvalue weighted by Crippen LogP contribution is 2.25. The summed E-state index contributed by atoms with van der Waals surface area (Å²) in [6, 6.07) is 3.24. The molecule has 0 bridgehead atoms. The normalized spacial score (nSPS) is 16.6. The van der Waals surface area contributed by atoms with E-state index in [1.54, 1.807) is 12.1 Å². The Morgan fingerprint density at radius 3 is 2.42 bits per heavy atom. The number of nitrogens with zero attached hydrogens (tertiary/aromatic N) is 3. The standard InChI is InChI=1S/C16H25N3O3S2/c1-4-19(5-2)24(21,22)14-8-9-15(17-12-14)23-13(3)16(20)18-10-6-7-11-18/h8-9,12-13H,4-7,10-11H2,1-3H3. The predicted octanol–water partition coefficient (Wildman–Crippen LogP) is 2.22. The van der Waals surface area contributed by atoms with Crippen LogP contribution >= 0.6 is 11.8 Å². The van der Waals surface area contributed by atoms with Gasteiger partial charge in [-0.15, -0.1) is 0 Å². The largest absolute Gasteiger partial charge is 0.342 e. The van der Waals surface area contributed by atoms with Crippen LogP contribution in [0.3, 0.4) is 0 Å². The Morgan fingerprint density at radius 2 is 1.92 bits per heavy atom. The number of carbonyl (C=O) groups excluding carboxylic acids is 1. The topological polar surface area (TPSA) is 70.6 Å². The lowest BCUT2D eigenvalue weighted by Gasteiger charge is -2.20. The van der Waals surface area contributed by atoms with Crippen molar-refractivity contribution in [2.75, 3.05) is 26.2 Å². The molecule has 8 heteroatoms. The summed E-state index contributed by atoms with van der Waals surface area (Å²) in [7, 11) is -3.49. The molecule has 1 atom stereocenters. The van der Waals surface area contributed by atoms with Crippen molar-refractivity contribution in [2.24, 2.45) is 0 Å².